The molecule has 3 rings (SSSR count). The number of hydrogen-bond donors (Lipinski definition) is 2. The summed E-state index contributed by atoms with van der Waals surface area (Å²) in [5.74, 6) is 1.63. The van der Waals surface area contributed by atoms with E-state index in [1.807, 2.05) is 12.3 Å². The van der Waals surface area contributed by atoms with Gasteiger partial charge in [-0.05, 0) is 69.2 Å². The second-order valence-corrected chi connectivity index (χ2v) is 9.15. The van der Waals surface area contributed by atoms with Crippen LogP contribution in [0.1, 0.15) is 65.9 Å². The van der Waals surface area contributed by atoms with Gasteiger partial charge < -0.3 is 15.8 Å². The minimum absolute atomic E-state index is 0.0186. The largest absolute Gasteiger partial charge is 0.491 e. The molecule has 152 valence electrons. The van der Waals surface area contributed by atoms with Gasteiger partial charge in [-0.2, -0.15) is 0 Å². The van der Waals surface area contributed by atoms with E-state index in [1.165, 1.54) is 5.56 Å². The molecule has 1 fully saturated rings. The maximum atomic E-state index is 6.04. The van der Waals surface area contributed by atoms with Crippen molar-refractivity contribution < 1.29 is 4.74 Å². The van der Waals surface area contributed by atoms with Gasteiger partial charge in [0.05, 0.1) is 11.8 Å². The van der Waals surface area contributed by atoms with Crippen molar-refractivity contribution in [3.05, 3.63) is 36.0 Å². The maximum Gasteiger partial charge on any atom is 0.223 e. The number of aromatic nitrogens is 2. The molecule has 1 aliphatic carbocycles. The Morgan fingerprint density at radius 1 is 1.11 bits per heavy atom. The van der Waals surface area contributed by atoms with Crippen molar-refractivity contribution in [2.24, 2.45) is 5.73 Å². The number of nitrogens with zero attached hydrogens (tertiary/aromatic N) is 2. The van der Waals surface area contributed by atoms with Crippen LogP contribution in [0.25, 0.3) is 11.3 Å². The molecule has 0 bridgehead atoms. The summed E-state index contributed by atoms with van der Waals surface area (Å²) in [5, 5.41) is 3.49. The first-order valence-corrected chi connectivity index (χ1v) is 10.4. The van der Waals surface area contributed by atoms with Crippen molar-refractivity contribution in [2.45, 2.75) is 83.9 Å². The monoisotopic (exact) mass is 382 g/mol. The second-order valence-electron chi connectivity index (χ2n) is 9.15. The fourth-order valence-corrected chi connectivity index (χ4v) is 3.67. The minimum atomic E-state index is -0.0186. The highest BCUT2D eigenvalue weighted by Crippen LogP contribution is 2.35. The standard InChI is InChI=1S/C23H34N4O/c1-15(2)28-21-11-6-16(14-19(21)23(3,4)5)20-12-13-25-22(27-20)26-18-9-7-17(24)8-10-18/h6,11-15,17-18H,7-10,24H2,1-5H3,(H,25,26,27)/t17-,18+. The number of nitrogens with one attached hydrogen (secondary N) is 1. The first-order chi connectivity index (χ1) is 13.2. The third-order valence-corrected chi connectivity index (χ3v) is 5.21. The highest BCUT2D eigenvalue weighted by molar-refractivity contribution is 5.63. The summed E-state index contributed by atoms with van der Waals surface area (Å²) in [6, 6.07) is 9.05. The van der Waals surface area contributed by atoms with Crippen LogP contribution >= 0.6 is 0 Å². The summed E-state index contributed by atoms with van der Waals surface area (Å²) in [6.45, 7) is 10.7. The fourth-order valence-electron chi connectivity index (χ4n) is 3.67. The highest BCUT2D eigenvalue weighted by atomic mass is 16.5. The molecule has 1 saturated carbocycles. The third kappa shape index (κ3) is 5.22. The zero-order chi connectivity index (χ0) is 20.3. The molecule has 1 aliphatic rings. The van der Waals surface area contributed by atoms with E-state index in [4.69, 9.17) is 15.5 Å². The summed E-state index contributed by atoms with van der Waals surface area (Å²) in [6.07, 6.45) is 6.24. The third-order valence-electron chi connectivity index (χ3n) is 5.21. The van der Waals surface area contributed by atoms with Crippen LogP contribution in [0.2, 0.25) is 0 Å². The first kappa shape index (κ1) is 20.6. The van der Waals surface area contributed by atoms with Crippen molar-refractivity contribution in [1.29, 1.82) is 0 Å². The van der Waals surface area contributed by atoms with Crippen LogP contribution in [0, 0.1) is 0 Å². The van der Waals surface area contributed by atoms with E-state index in [0.717, 1.165) is 42.7 Å². The van der Waals surface area contributed by atoms with E-state index >= 15 is 0 Å². The van der Waals surface area contributed by atoms with Gasteiger partial charge >= 0.3 is 0 Å². The lowest BCUT2D eigenvalue weighted by Crippen LogP contribution is -2.33. The smallest absolute Gasteiger partial charge is 0.223 e. The molecule has 1 aromatic carbocycles. The van der Waals surface area contributed by atoms with Crippen LogP contribution in [0.4, 0.5) is 5.95 Å². The number of hydrogen-bond acceptors (Lipinski definition) is 5. The normalized spacial score (nSPS) is 20.2. The second kappa shape index (κ2) is 8.48. The lowest BCUT2D eigenvalue weighted by Gasteiger charge is -2.27. The van der Waals surface area contributed by atoms with E-state index in [1.54, 1.807) is 0 Å². The molecule has 2 aromatic rings. The minimum Gasteiger partial charge on any atom is -0.491 e. The number of nitrogens with two attached hydrogens (primary N) is 1. The molecule has 0 amide bonds. The van der Waals surface area contributed by atoms with Gasteiger partial charge in [-0.3, -0.25) is 0 Å². The molecular formula is C23H34N4O. The predicted octanol–water partition coefficient (Wildman–Crippen LogP) is 4.91. The highest BCUT2D eigenvalue weighted by Gasteiger charge is 2.22. The number of ether oxygens (including phenoxy) is 1. The van der Waals surface area contributed by atoms with Gasteiger partial charge in [0.25, 0.3) is 0 Å². The molecule has 1 aromatic heterocycles. The van der Waals surface area contributed by atoms with E-state index in [2.05, 4.69) is 63.1 Å². The molecule has 0 atom stereocenters. The SMILES string of the molecule is CC(C)Oc1ccc(-c2ccnc(N[C@H]3CC[C@@H](N)CC3)n2)cc1C(C)(C)C. The number of rotatable bonds is 5. The molecule has 0 unspecified atom stereocenters. The van der Waals surface area contributed by atoms with Crippen molar-refractivity contribution >= 4 is 5.95 Å². The first-order valence-electron chi connectivity index (χ1n) is 10.4. The van der Waals surface area contributed by atoms with Crippen molar-refractivity contribution in [3.8, 4) is 17.0 Å². The number of benzene rings is 1. The van der Waals surface area contributed by atoms with Crippen LogP contribution in [0.15, 0.2) is 30.5 Å². The van der Waals surface area contributed by atoms with Gasteiger partial charge in [-0.1, -0.05) is 20.8 Å². The Balaban J connectivity index is 1.85. The van der Waals surface area contributed by atoms with Gasteiger partial charge in [-0.25, -0.2) is 9.97 Å². The molecule has 5 nitrogen and oxygen atoms in total. The molecule has 5 heteroatoms. The van der Waals surface area contributed by atoms with E-state index in [-0.39, 0.29) is 11.5 Å². The average molecular weight is 383 g/mol. The Hall–Kier alpha value is -2.14. The fraction of sp³-hybridized carbons (Fsp3) is 0.565. The molecule has 1 heterocycles. The van der Waals surface area contributed by atoms with Crippen LogP contribution in [-0.2, 0) is 5.41 Å². The summed E-state index contributed by atoms with van der Waals surface area (Å²) in [7, 11) is 0. The zero-order valence-electron chi connectivity index (χ0n) is 17.8. The maximum absolute atomic E-state index is 6.04. The van der Waals surface area contributed by atoms with Crippen LogP contribution in [-0.4, -0.2) is 28.2 Å². The summed E-state index contributed by atoms with van der Waals surface area (Å²) in [5.41, 5.74) is 9.19. The predicted molar refractivity (Wildman–Crippen MR) is 116 cm³/mol. The van der Waals surface area contributed by atoms with Crippen LogP contribution in [0.3, 0.4) is 0 Å². The van der Waals surface area contributed by atoms with Crippen molar-refractivity contribution in [3.63, 3.8) is 0 Å². The molecule has 0 spiro atoms. The Bertz CT molecular complexity index is 789. The average Bonchev–Trinajstić information content (AvgIpc) is 2.63. The molecule has 3 N–H and O–H groups in total. The van der Waals surface area contributed by atoms with Crippen molar-refractivity contribution in [1.82, 2.24) is 9.97 Å². The molecular weight excluding hydrogens is 348 g/mol. The van der Waals surface area contributed by atoms with Gasteiger partial charge in [-0.15, -0.1) is 0 Å². The lowest BCUT2D eigenvalue weighted by atomic mass is 9.85. The quantitative estimate of drug-likeness (QED) is 0.768. The van der Waals surface area contributed by atoms with Crippen LogP contribution in [0.5, 0.6) is 5.75 Å². The molecule has 0 aliphatic heterocycles. The Kier molecular flexibility index (Phi) is 6.23. The van der Waals surface area contributed by atoms with Crippen molar-refractivity contribution in [2.75, 3.05) is 5.32 Å². The van der Waals surface area contributed by atoms with E-state index in [9.17, 15) is 0 Å². The van der Waals surface area contributed by atoms with Gasteiger partial charge in [0.2, 0.25) is 5.95 Å². The molecule has 0 radical (unpaired) electrons. The lowest BCUT2D eigenvalue weighted by molar-refractivity contribution is 0.236. The van der Waals surface area contributed by atoms with E-state index in [0.29, 0.717) is 18.0 Å². The summed E-state index contributed by atoms with van der Waals surface area (Å²) >= 11 is 0. The topological polar surface area (TPSA) is 73.1 Å². The van der Waals surface area contributed by atoms with Crippen LogP contribution < -0.4 is 15.8 Å². The summed E-state index contributed by atoms with van der Waals surface area (Å²) in [4.78, 5) is 9.20. The molecule has 28 heavy (non-hydrogen) atoms. The van der Waals surface area contributed by atoms with Gasteiger partial charge in [0.1, 0.15) is 5.75 Å². The van der Waals surface area contributed by atoms with E-state index < -0.39 is 0 Å². The Morgan fingerprint density at radius 2 is 1.82 bits per heavy atom. The zero-order valence-corrected chi connectivity index (χ0v) is 17.8. The molecule has 0 saturated heterocycles. The Morgan fingerprint density at radius 3 is 2.46 bits per heavy atom. The summed E-state index contributed by atoms with van der Waals surface area (Å²) < 4.78 is 6.04. The Labute approximate surface area is 169 Å². The van der Waals surface area contributed by atoms with Gasteiger partial charge in [0.15, 0.2) is 0 Å². The van der Waals surface area contributed by atoms with Gasteiger partial charge in [0, 0.05) is 29.4 Å². The number of anilines is 1.